The quantitative estimate of drug-likeness (QED) is 0.835. The van der Waals surface area contributed by atoms with Gasteiger partial charge in [0.05, 0.1) is 6.54 Å². The molecular formula is C15H22N4O2. The molecule has 3 amide bonds. The third-order valence-corrected chi connectivity index (χ3v) is 3.56. The average Bonchev–Trinajstić information content (AvgIpc) is 2.50. The zero-order valence-electron chi connectivity index (χ0n) is 12.3. The first-order chi connectivity index (χ1) is 10.2. The fraction of sp³-hybridized carbons (Fsp3) is 0.467. The minimum absolute atomic E-state index is 0.258. The van der Waals surface area contributed by atoms with Crippen LogP contribution in [0.1, 0.15) is 5.56 Å². The summed E-state index contributed by atoms with van der Waals surface area (Å²) in [5, 5.41) is 4.65. The number of piperazine rings is 1. The van der Waals surface area contributed by atoms with Crippen LogP contribution < -0.4 is 10.6 Å². The number of nitrogens with one attached hydrogen (secondary N) is 2. The van der Waals surface area contributed by atoms with Crippen molar-refractivity contribution >= 4 is 11.9 Å². The Morgan fingerprint density at radius 3 is 2.29 bits per heavy atom. The molecule has 1 saturated heterocycles. The SMILES string of the molecule is CNC(=O)NC(=O)CN1CCN(Cc2ccccc2)CC1. The van der Waals surface area contributed by atoms with Gasteiger partial charge in [0.1, 0.15) is 0 Å². The molecule has 1 aromatic rings. The van der Waals surface area contributed by atoms with E-state index in [-0.39, 0.29) is 12.5 Å². The number of carbonyl (C=O) groups is 2. The third kappa shape index (κ3) is 5.17. The highest BCUT2D eigenvalue weighted by molar-refractivity contribution is 5.95. The Labute approximate surface area is 125 Å². The van der Waals surface area contributed by atoms with Crippen molar-refractivity contribution in [2.75, 3.05) is 39.8 Å². The maximum Gasteiger partial charge on any atom is 0.321 e. The summed E-state index contributed by atoms with van der Waals surface area (Å²) in [6.45, 7) is 4.76. The van der Waals surface area contributed by atoms with E-state index in [2.05, 4.69) is 44.7 Å². The van der Waals surface area contributed by atoms with Crippen molar-refractivity contribution in [2.24, 2.45) is 0 Å². The molecule has 2 N–H and O–H groups in total. The number of nitrogens with zero attached hydrogens (tertiary/aromatic N) is 2. The minimum atomic E-state index is -0.456. The Morgan fingerprint density at radius 2 is 1.67 bits per heavy atom. The van der Waals surface area contributed by atoms with E-state index in [1.807, 2.05) is 6.07 Å². The lowest BCUT2D eigenvalue weighted by molar-refractivity contribution is -0.121. The van der Waals surface area contributed by atoms with Gasteiger partial charge in [-0.05, 0) is 5.56 Å². The number of benzene rings is 1. The number of rotatable bonds is 4. The molecule has 0 bridgehead atoms. The van der Waals surface area contributed by atoms with Crippen molar-refractivity contribution in [2.45, 2.75) is 6.54 Å². The van der Waals surface area contributed by atoms with Crippen LogP contribution >= 0.6 is 0 Å². The molecule has 0 aliphatic carbocycles. The number of hydrogen-bond donors (Lipinski definition) is 2. The van der Waals surface area contributed by atoms with Crippen LogP contribution in [0, 0.1) is 0 Å². The van der Waals surface area contributed by atoms with Gasteiger partial charge in [-0.25, -0.2) is 4.79 Å². The third-order valence-electron chi connectivity index (χ3n) is 3.56. The highest BCUT2D eigenvalue weighted by atomic mass is 16.2. The predicted octanol–water partition coefficient (Wildman–Crippen LogP) is 0.260. The Balaban J connectivity index is 1.71. The van der Waals surface area contributed by atoms with Gasteiger partial charge >= 0.3 is 6.03 Å². The first-order valence-electron chi connectivity index (χ1n) is 7.17. The first kappa shape index (κ1) is 15.5. The lowest BCUT2D eigenvalue weighted by atomic mass is 10.2. The second kappa shape index (κ2) is 7.75. The molecule has 1 aliphatic heterocycles. The second-order valence-electron chi connectivity index (χ2n) is 5.17. The highest BCUT2D eigenvalue weighted by Gasteiger charge is 2.19. The van der Waals surface area contributed by atoms with Gasteiger partial charge in [0, 0.05) is 39.8 Å². The highest BCUT2D eigenvalue weighted by Crippen LogP contribution is 2.08. The molecule has 1 aliphatic rings. The van der Waals surface area contributed by atoms with Crippen molar-refractivity contribution in [3.8, 4) is 0 Å². The van der Waals surface area contributed by atoms with Gasteiger partial charge in [-0.1, -0.05) is 30.3 Å². The normalized spacial score (nSPS) is 16.4. The van der Waals surface area contributed by atoms with Crippen molar-refractivity contribution in [1.29, 1.82) is 0 Å². The molecule has 0 spiro atoms. The van der Waals surface area contributed by atoms with Crippen molar-refractivity contribution in [1.82, 2.24) is 20.4 Å². The zero-order chi connectivity index (χ0) is 15.1. The Hall–Kier alpha value is -1.92. The summed E-state index contributed by atoms with van der Waals surface area (Å²) < 4.78 is 0. The molecule has 0 aromatic heterocycles. The summed E-state index contributed by atoms with van der Waals surface area (Å²) in [7, 11) is 1.49. The van der Waals surface area contributed by atoms with Gasteiger partial charge in [0.15, 0.2) is 0 Å². The maximum absolute atomic E-state index is 11.6. The molecule has 1 aromatic carbocycles. The van der Waals surface area contributed by atoms with Gasteiger partial charge in [-0.3, -0.25) is 19.9 Å². The predicted molar refractivity (Wildman–Crippen MR) is 80.8 cm³/mol. The molecular weight excluding hydrogens is 268 g/mol. The molecule has 1 heterocycles. The van der Waals surface area contributed by atoms with Crippen LogP contribution in [0.4, 0.5) is 4.79 Å². The first-order valence-corrected chi connectivity index (χ1v) is 7.17. The molecule has 6 heteroatoms. The Bertz CT molecular complexity index is 470. The summed E-state index contributed by atoms with van der Waals surface area (Å²) in [6, 6.07) is 9.92. The molecule has 21 heavy (non-hydrogen) atoms. The fourth-order valence-electron chi connectivity index (χ4n) is 2.38. The largest absolute Gasteiger partial charge is 0.341 e. The molecule has 0 radical (unpaired) electrons. The van der Waals surface area contributed by atoms with Crippen LogP contribution in [-0.4, -0.2) is 61.5 Å². The van der Waals surface area contributed by atoms with E-state index in [1.165, 1.54) is 12.6 Å². The summed E-state index contributed by atoms with van der Waals surface area (Å²) in [5.41, 5.74) is 1.31. The van der Waals surface area contributed by atoms with E-state index in [9.17, 15) is 9.59 Å². The van der Waals surface area contributed by atoms with Crippen molar-refractivity contribution in [3.63, 3.8) is 0 Å². The lowest BCUT2D eigenvalue weighted by Gasteiger charge is -2.34. The van der Waals surface area contributed by atoms with E-state index < -0.39 is 6.03 Å². The summed E-state index contributed by atoms with van der Waals surface area (Å²) in [4.78, 5) is 27.1. The van der Waals surface area contributed by atoms with Crippen LogP contribution in [0.25, 0.3) is 0 Å². The lowest BCUT2D eigenvalue weighted by Crippen LogP contribution is -2.50. The summed E-state index contributed by atoms with van der Waals surface area (Å²) >= 11 is 0. The standard InChI is InChI=1S/C15H22N4O2/c1-16-15(21)17-14(20)12-19-9-7-18(8-10-19)11-13-5-3-2-4-6-13/h2-6H,7-12H2,1H3,(H2,16,17,20,21). The van der Waals surface area contributed by atoms with E-state index in [4.69, 9.17) is 0 Å². The number of urea groups is 1. The van der Waals surface area contributed by atoms with Gasteiger partial charge in [-0.2, -0.15) is 0 Å². The minimum Gasteiger partial charge on any atom is -0.341 e. The molecule has 2 rings (SSSR count). The smallest absolute Gasteiger partial charge is 0.321 e. The second-order valence-corrected chi connectivity index (χ2v) is 5.17. The monoisotopic (exact) mass is 290 g/mol. The van der Waals surface area contributed by atoms with E-state index in [1.54, 1.807) is 0 Å². The number of amides is 3. The molecule has 6 nitrogen and oxygen atoms in total. The van der Waals surface area contributed by atoms with Crippen LogP contribution in [-0.2, 0) is 11.3 Å². The molecule has 0 atom stereocenters. The maximum atomic E-state index is 11.6. The van der Waals surface area contributed by atoms with Crippen LogP contribution in [0.5, 0.6) is 0 Å². The van der Waals surface area contributed by atoms with Crippen LogP contribution in [0.3, 0.4) is 0 Å². The van der Waals surface area contributed by atoms with E-state index in [0.717, 1.165) is 32.7 Å². The Morgan fingerprint density at radius 1 is 1.05 bits per heavy atom. The van der Waals surface area contributed by atoms with Gasteiger partial charge in [0.25, 0.3) is 0 Å². The summed E-state index contributed by atoms with van der Waals surface area (Å²) in [6.07, 6.45) is 0. The van der Waals surface area contributed by atoms with Crippen LogP contribution in [0.15, 0.2) is 30.3 Å². The molecule has 114 valence electrons. The molecule has 0 unspecified atom stereocenters. The molecule has 0 saturated carbocycles. The van der Waals surface area contributed by atoms with Gasteiger partial charge < -0.3 is 5.32 Å². The number of imide groups is 1. The number of carbonyl (C=O) groups excluding carboxylic acids is 2. The fourth-order valence-corrected chi connectivity index (χ4v) is 2.38. The van der Waals surface area contributed by atoms with E-state index in [0.29, 0.717) is 0 Å². The zero-order valence-corrected chi connectivity index (χ0v) is 12.3. The summed E-state index contributed by atoms with van der Waals surface area (Å²) in [5.74, 6) is -0.258. The molecule has 1 fully saturated rings. The number of hydrogen-bond acceptors (Lipinski definition) is 4. The van der Waals surface area contributed by atoms with Crippen molar-refractivity contribution in [3.05, 3.63) is 35.9 Å². The average molecular weight is 290 g/mol. The van der Waals surface area contributed by atoms with Gasteiger partial charge in [-0.15, -0.1) is 0 Å². The van der Waals surface area contributed by atoms with Crippen LogP contribution in [0.2, 0.25) is 0 Å². The van der Waals surface area contributed by atoms with Crippen molar-refractivity contribution < 1.29 is 9.59 Å². The Kier molecular flexibility index (Phi) is 5.71. The topological polar surface area (TPSA) is 64.7 Å². The van der Waals surface area contributed by atoms with E-state index >= 15 is 0 Å². The van der Waals surface area contributed by atoms with Gasteiger partial charge in [0.2, 0.25) is 5.91 Å².